The molecule has 98 valence electrons. The molecule has 0 N–H and O–H groups in total. The lowest BCUT2D eigenvalue weighted by molar-refractivity contribution is -0.145. The van der Waals surface area contributed by atoms with Crippen molar-refractivity contribution in [2.75, 3.05) is 26.8 Å². The normalized spacial score (nSPS) is 23.5. The number of esters is 1. The zero-order valence-corrected chi connectivity index (χ0v) is 10.8. The number of hydrogen-bond acceptors (Lipinski definition) is 4. The maximum Gasteiger partial charge on any atom is 0.307 e. The Bertz CT molecular complexity index is 280. The van der Waals surface area contributed by atoms with Crippen molar-refractivity contribution in [2.24, 2.45) is 5.92 Å². The summed E-state index contributed by atoms with van der Waals surface area (Å²) in [4.78, 5) is 24.8. The fourth-order valence-electron chi connectivity index (χ4n) is 1.94. The highest BCUT2D eigenvalue weighted by Crippen LogP contribution is 2.21. The highest BCUT2D eigenvalue weighted by molar-refractivity contribution is 5.82. The Hall–Kier alpha value is -1.10. The van der Waals surface area contributed by atoms with Gasteiger partial charge in [0.15, 0.2) is 0 Å². The van der Waals surface area contributed by atoms with Crippen LogP contribution in [0.3, 0.4) is 0 Å². The molecule has 5 nitrogen and oxygen atoms in total. The van der Waals surface area contributed by atoms with E-state index in [2.05, 4.69) is 4.74 Å². The Morgan fingerprint density at radius 2 is 2.18 bits per heavy atom. The fraction of sp³-hybridized carbons (Fsp3) is 0.833. The maximum absolute atomic E-state index is 12.1. The number of rotatable bonds is 5. The summed E-state index contributed by atoms with van der Waals surface area (Å²) in [5, 5.41) is 0. The summed E-state index contributed by atoms with van der Waals surface area (Å²) in [6, 6.07) is 0. The standard InChI is InChI=1S/C12H21NO4/c1-4-13(7-5-10(14)16-3)12(15)11-9(2)6-8-17-11/h9,11H,4-8H2,1-3H3. The summed E-state index contributed by atoms with van der Waals surface area (Å²) < 4.78 is 10.00. The van der Waals surface area contributed by atoms with Crippen LogP contribution in [0.4, 0.5) is 0 Å². The van der Waals surface area contributed by atoms with Gasteiger partial charge in [0.1, 0.15) is 6.10 Å². The Morgan fingerprint density at radius 3 is 2.65 bits per heavy atom. The van der Waals surface area contributed by atoms with Crippen LogP contribution in [0.2, 0.25) is 0 Å². The van der Waals surface area contributed by atoms with E-state index in [9.17, 15) is 9.59 Å². The van der Waals surface area contributed by atoms with E-state index in [1.54, 1.807) is 4.90 Å². The average Bonchev–Trinajstić information content (AvgIpc) is 2.75. The molecule has 2 unspecified atom stereocenters. The lowest BCUT2D eigenvalue weighted by atomic mass is 10.0. The van der Waals surface area contributed by atoms with Crippen LogP contribution >= 0.6 is 0 Å². The van der Waals surface area contributed by atoms with Gasteiger partial charge >= 0.3 is 5.97 Å². The molecule has 0 bridgehead atoms. The van der Waals surface area contributed by atoms with Gasteiger partial charge in [-0.05, 0) is 19.3 Å². The van der Waals surface area contributed by atoms with Crippen LogP contribution in [0.25, 0.3) is 0 Å². The third-order valence-electron chi connectivity index (χ3n) is 3.14. The number of carbonyl (C=O) groups is 2. The highest BCUT2D eigenvalue weighted by Gasteiger charge is 2.33. The van der Waals surface area contributed by atoms with Gasteiger partial charge in [-0.25, -0.2) is 0 Å². The first-order chi connectivity index (χ1) is 8.10. The van der Waals surface area contributed by atoms with Crippen molar-refractivity contribution in [3.63, 3.8) is 0 Å². The summed E-state index contributed by atoms with van der Waals surface area (Å²) >= 11 is 0. The molecule has 1 heterocycles. The molecule has 0 aromatic heterocycles. The minimum Gasteiger partial charge on any atom is -0.469 e. The van der Waals surface area contributed by atoms with Crippen LogP contribution in [0.1, 0.15) is 26.7 Å². The van der Waals surface area contributed by atoms with Crippen molar-refractivity contribution in [3.8, 4) is 0 Å². The van der Waals surface area contributed by atoms with E-state index < -0.39 is 0 Å². The summed E-state index contributed by atoms with van der Waals surface area (Å²) in [6.45, 7) is 5.54. The van der Waals surface area contributed by atoms with E-state index in [0.29, 0.717) is 19.7 Å². The van der Waals surface area contributed by atoms with Crippen LogP contribution in [-0.2, 0) is 19.1 Å². The molecule has 0 aromatic carbocycles. The average molecular weight is 243 g/mol. The van der Waals surface area contributed by atoms with Gasteiger partial charge in [0.2, 0.25) is 0 Å². The minimum atomic E-state index is -0.340. The number of nitrogens with zero attached hydrogens (tertiary/aromatic N) is 1. The number of likely N-dealkylation sites (N-methyl/N-ethyl adjacent to an activating group) is 1. The van der Waals surface area contributed by atoms with Crippen molar-refractivity contribution in [2.45, 2.75) is 32.8 Å². The summed E-state index contributed by atoms with van der Waals surface area (Å²) in [6.07, 6.45) is 0.815. The van der Waals surface area contributed by atoms with Crippen molar-refractivity contribution in [1.29, 1.82) is 0 Å². The van der Waals surface area contributed by atoms with Crippen LogP contribution in [-0.4, -0.2) is 49.7 Å². The molecule has 0 aliphatic carbocycles. The van der Waals surface area contributed by atoms with Crippen molar-refractivity contribution < 1.29 is 19.1 Å². The minimum absolute atomic E-state index is 0.0126. The van der Waals surface area contributed by atoms with E-state index >= 15 is 0 Å². The molecule has 0 aromatic rings. The van der Waals surface area contributed by atoms with Crippen LogP contribution in [0.5, 0.6) is 0 Å². The SMILES string of the molecule is CCN(CCC(=O)OC)C(=O)C1OCCC1C. The number of amides is 1. The second-order valence-electron chi connectivity index (χ2n) is 4.30. The van der Waals surface area contributed by atoms with Gasteiger partial charge in [0, 0.05) is 19.7 Å². The van der Waals surface area contributed by atoms with Gasteiger partial charge in [-0.1, -0.05) is 6.92 Å². The van der Waals surface area contributed by atoms with E-state index in [0.717, 1.165) is 6.42 Å². The summed E-state index contributed by atoms with van der Waals surface area (Å²) in [7, 11) is 1.35. The molecular formula is C12H21NO4. The Labute approximate surface area is 102 Å². The molecule has 5 heteroatoms. The zero-order valence-electron chi connectivity index (χ0n) is 10.8. The first kappa shape index (κ1) is 14.0. The van der Waals surface area contributed by atoms with Gasteiger partial charge in [-0.2, -0.15) is 0 Å². The van der Waals surface area contributed by atoms with Crippen LogP contribution in [0, 0.1) is 5.92 Å². The second kappa shape index (κ2) is 6.59. The molecule has 1 aliphatic rings. The van der Waals surface area contributed by atoms with Crippen LogP contribution in [0.15, 0.2) is 0 Å². The monoisotopic (exact) mass is 243 g/mol. The molecule has 0 spiro atoms. The van der Waals surface area contributed by atoms with Crippen LogP contribution < -0.4 is 0 Å². The number of ether oxygens (including phenoxy) is 2. The second-order valence-corrected chi connectivity index (χ2v) is 4.30. The maximum atomic E-state index is 12.1. The Balaban J connectivity index is 2.48. The number of hydrogen-bond donors (Lipinski definition) is 0. The van der Waals surface area contributed by atoms with Gasteiger partial charge in [0.25, 0.3) is 5.91 Å². The van der Waals surface area contributed by atoms with E-state index in [1.165, 1.54) is 7.11 Å². The van der Waals surface area contributed by atoms with E-state index in [-0.39, 0.29) is 30.3 Å². The fourth-order valence-corrected chi connectivity index (χ4v) is 1.94. The smallest absolute Gasteiger partial charge is 0.307 e. The molecule has 1 aliphatic heterocycles. The Morgan fingerprint density at radius 1 is 1.47 bits per heavy atom. The predicted octanol–water partition coefficient (Wildman–Crippen LogP) is 0.823. The largest absolute Gasteiger partial charge is 0.469 e. The van der Waals surface area contributed by atoms with Crippen molar-refractivity contribution in [1.82, 2.24) is 4.90 Å². The molecule has 1 rings (SSSR count). The first-order valence-electron chi connectivity index (χ1n) is 6.07. The highest BCUT2D eigenvalue weighted by atomic mass is 16.5. The third-order valence-corrected chi connectivity index (χ3v) is 3.14. The molecule has 17 heavy (non-hydrogen) atoms. The molecule has 1 amide bonds. The summed E-state index contributed by atoms with van der Waals surface area (Å²) in [5.74, 6) is -0.0484. The molecular weight excluding hydrogens is 222 g/mol. The van der Waals surface area contributed by atoms with E-state index in [4.69, 9.17) is 4.74 Å². The van der Waals surface area contributed by atoms with Gasteiger partial charge in [0.05, 0.1) is 13.5 Å². The number of carbonyl (C=O) groups excluding carboxylic acids is 2. The molecule has 1 fully saturated rings. The van der Waals surface area contributed by atoms with Crippen molar-refractivity contribution >= 4 is 11.9 Å². The van der Waals surface area contributed by atoms with Gasteiger partial charge in [-0.15, -0.1) is 0 Å². The molecule has 0 radical (unpaired) electrons. The van der Waals surface area contributed by atoms with Gasteiger partial charge in [-0.3, -0.25) is 9.59 Å². The lowest BCUT2D eigenvalue weighted by Gasteiger charge is -2.25. The lowest BCUT2D eigenvalue weighted by Crippen LogP contribution is -2.42. The summed E-state index contributed by atoms with van der Waals surface area (Å²) in [5.41, 5.74) is 0. The molecule has 0 saturated carbocycles. The predicted molar refractivity (Wildman–Crippen MR) is 62.4 cm³/mol. The van der Waals surface area contributed by atoms with E-state index in [1.807, 2.05) is 13.8 Å². The number of methoxy groups -OCH3 is 1. The Kier molecular flexibility index (Phi) is 5.41. The molecule has 2 atom stereocenters. The molecule has 1 saturated heterocycles. The topological polar surface area (TPSA) is 55.8 Å². The van der Waals surface area contributed by atoms with Crippen molar-refractivity contribution in [3.05, 3.63) is 0 Å². The third kappa shape index (κ3) is 3.70. The zero-order chi connectivity index (χ0) is 12.8. The quantitative estimate of drug-likeness (QED) is 0.671. The first-order valence-corrected chi connectivity index (χ1v) is 6.07. The van der Waals surface area contributed by atoms with Gasteiger partial charge < -0.3 is 14.4 Å².